The monoisotopic (exact) mass is 363 g/mol. The number of nitro benzene ring substituents is 1. The van der Waals surface area contributed by atoms with Gasteiger partial charge in [-0.15, -0.1) is 0 Å². The molecule has 0 saturated heterocycles. The molecule has 0 heterocycles. The molecule has 0 radical (unpaired) electrons. The summed E-state index contributed by atoms with van der Waals surface area (Å²) in [6.07, 6.45) is 2.23. The molecule has 0 unspecified atom stereocenters. The van der Waals surface area contributed by atoms with Crippen LogP contribution in [0.15, 0.2) is 18.2 Å². The number of halogens is 1. The second-order valence-corrected chi connectivity index (χ2v) is 5.52. The number of anilines is 1. The summed E-state index contributed by atoms with van der Waals surface area (Å²) in [6, 6.07) is 5.11. The third kappa shape index (κ3) is 5.18. The SMILES string of the molecule is CN(C)CCCCNc1ccc([N+](=O)[O-])c(I)c1. The zero-order valence-corrected chi connectivity index (χ0v) is 12.8. The van der Waals surface area contributed by atoms with Gasteiger partial charge in [0.15, 0.2) is 0 Å². The number of unbranched alkanes of at least 4 members (excludes halogenated alkanes) is 1. The third-order valence-corrected chi connectivity index (χ3v) is 3.37. The summed E-state index contributed by atoms with van der Waals surface area (Å²) in [5.41, 5.74) is 1.10. The lowest BCUT2D eigenvalue weighted by Crippen LogP contribution is -2.14. The van der Waals surface area contributed by atoms with E-state index in [0.717, 1.165) is 31.6 Å². The first-order valence-electron chi connectivity index (χ1n) is 5.83. The van der Waals surface area contributed by atoms with Gasteiger partial charge < -0.3 is 10.2 Å². The summed E-state index contributed by atoms with van der Waals surface area (Å²) < 4.78 is 0.663. The van der Waals surface area contributed by atoms with Crippen molar-refractivity contribution in [2.45, 2.75) is 12.8 Å². The van der Waals surface area contributed by atoms with Crippen LogP contribution in [0.3, 0.4) is 0 Å². The summed E-state index contributed by atoms with van der Waals surface area (Å²) in [5, 5.41) is 14.0. The zero-order valence-electron chi connectivity index (χ0n) is 10.6. The van der Waals surface area contributed by atoms with E-state index >= 15 is 0 Å². The lowest BCUT2D eigenvalue weighted by Gasteiger charge is -2.10. The molecule has 0 fully saturated rings. The quantitative estimate of drug-likeness (QED) is 0.350. The molecule has 6 heteroatoms. The van der Waals surface area contributed by atoms with Crippen LogP contribution in [0.25, 0.3) is 0 Å². The maximum Gasteiger partial charge on any atom is 0.282 e. The highest BCUT2D eigenvalue weighted by Crippen LogP contribution is 2.24. The van der Waals surface area contributed by atoms with Crippen molar-refractivity contribution in [1.82, 2.24) is 4.90 Å². The van der Waals surface area contributed by atoms with Crippen molar-refractivity contribution in [3.8, 4) is 0 Å². The van der Waals surface area contributed by atoms with Gasteiger partial charge in [-0.3, -0.25) is 10.1 Å². The van der Waals surface area contributed by atoms with Crippen LogP contribution in [-0.4, -0.2) is 37.0 Å². The fourth-order valence-corrected chi connectivity index (χ4v) is 2.26. The van der Waals surface area contributed by atoms with Gasteiger partial charge in [0, 0.05) is 18.3 Å². The van der Waals surface area contributed by atoms with Crippen LogP contribution >= 0.6 is 22.6 Å². The van der Waals surface area contributed by atoms with Crippen LogP contribution in [0.4, 0.5) is 11.4 Å². The molecular weight excluding hydrogens is 345 g/mol. The Morgan fingerprint density at radius 3 is 2.67 bits per heavy atom. The molecule has 1 aromatic rings. The van der Waals surface area contributed by atoms with Gasteiger partial charge in [0.2, 0.25) is 0 Å². The van der Waals surface area contributed by atoms with Gasteiger partial charge in [0.1, 0.15) is 0 Å². The molecule has 18 heavy (non-hydrogen) atoms. The molecule has 0 saturated carbocycles. The molecular formula is C12H18IN3O2. The van der Waals surface area contributed by atoms with Crippen molar-refractivity contribution in [2.24, 2.45) is 0 Å². The van der Waals surface area contributed by atoms with E-state index < -0.39 is 0 Å². The molecule has 1 N–H and O–H groups in total. The van der Waals surface area contributed by atoms with Crippen molar-refractivity contribution in [3.05, 3.63) is 31.9 Å². The zero-order chi connectivity index (χ0) is 13.5. The molecule has 5 nitrogen and oxygen atoms in total. The predicted octanol–water partition coefficient (Wildman–Crippen LogP) is 2.95. The second kappa shape index (κ2) is 7.52. The minimum atomic E-state index is -0.358. The van der Waals surface area contributed by atoms with E-state index in [9.17, 15) is 10.1 Å². The van der Waals surface area contributed by atoms with E-state index in [1.54, 1.807) is 12.1 Å². The fraction of sp³-hybridized carbons (Fsp3) is 0.500. The highest BCUT2D eigenvalue weighted by molar-refractivity contribution is 14.1. The summed E-state index contributed by atoms with van der Waals surface area (Å²) in [6.45, 7) is 1.97. The van der Waals surface area contributed by atoms with Gasteiger partial charge in [-0.1, -0.05) is 0 Å². The maximum absolute atomic E-state index is 10.7. The van der Waals surface area contributed by atoms with Crippen LogP contribution < -0.4 is 5.32 Å². The molecule has 0 spiro atoms. The molecule has 1 aromatic carbocycles. The molecule has 0 aliphatic heterocycles. The number of rotatable bonds is 7. The first-order chi connectivity index (χ1) is 8.50. The van der Waals surface area contributed by atoms with E-state index in [1.807, 2.05) is 28.7 Å². The topological polar surface area (TPSA) is 58.4 Å². The van der Waals surface area contributed by atoms with Crippen molar-refractivity contribution < 1.29 is 4.92 Å². The highest BCUT2D eigenvalue weighted by atomic mass is 127. The molecule has 1 rings (SSSR count). The number of nitro groups is 1. The van der Waals surface area contributed by atoms with Crippen molar-refractivity contribution in [1.29, 1.82) is 0 Å². The van der Waals surface area contributed by atoms with Gasteiger partial charge in [-0.2, -0.15) is 0 Å². The number of benzene rings is 1. The average molecular weight is 363 g/mol. The molecule has 0 bridgehead atoms. The highest BCUT2D eigenvalue weighted by Gasteiger charge is 2.10. The first kappa shape index (κ1) is 15.2. The summed E-state index contributed by atoms with van der Waals surface area (Å²) >= 11 is 1.99. The summed E-state index contributed by atoms with van der Waals surface area (Å²) in [5.74, 6) is 0. The van der Waals surface area contributed by atoms with Gasteiger partial charge in [0.25, 0.3) is 5.69 Å². The summed E-state index contributed by atoms with van der Waals surface area (Å²) in [7, 11) is 4.12. The lowest BCUT2D eigenvalue weighted by atomic mass is 10.2. The van der Waals surface area contributed by atoms with E-state index in [1.165, 1.54) is 0 Å². The van der Waals surface area contributed by atoms with E-state index in [2.05, 4.69) is 24.3 Å². The average Bonchev–Trinajstić information content (AvgIpc) is 2.27. The van der Waals surface area contributed by atoms with E-state index in [4.69, 9.17) is 0 Å². The van der Waals surface area contributed by atoms with Gasteiger partial charge in [-0.05, 0) is 68.2 Å². The maximum atomic E-state index is 10.7. The van der Waals surface area contributed by atoms with Gasteiger partial charge >= 0.3 is 0 Å². The Hall–Kier alpha value is -0.890. The van der Waals surface area contributed by atoms with Crippen LogP contribution in [-0.2, 0) is 0 Å². The Labute approximate surface area is 121 Å². The predicted molar refractivity (Wildman–Crippen MR) is 82.1 cm³/mol. The number of hydrogen-bond acceptors (Lipinski definition) is 4. The van der Waals surface area contributed by atoms with Crippen LogP contribution in [0, 0.1) is 13.7 Å². The third-order valence-electron chi connectivity index (χ3n) is 2.51. The lowest BCUT2D eigenvalue weighted by molar-refractivity contribution is -0.385. The Morgan fingerprint density at radius 1 is 1.39 bits per heavy atom. The molecule has 100 valence electrons. The van der Waals surface area contributed by atoms with Crippen LogP contribution in [0.1, 0.15) is 12.8 Å². The molecule has 0 atom stereocenters. The van der Waals surface area contributed by atoms with Gasteiger partial charge in [-0.25, -0.2) is 0 Å². The van der Waals surface area contributed by atoms with Crippen LogP contribution in [0.5, 0.6) is 0 Å². The number of nitrogens with zero attached hydrogens (tertiary/aromatic N) is 2. The van der Waals surface area contributed by atoms with Crippen molar-refractivity contribution in [3.63, 3.8) is 0 Å². The molecule has 0 aromatic heterocycles. The molecule has 0 amide bonds. The minimum absolute atomic E-state index is 0.161. The number of hydrogen-bond donors (Lipinski definition) is 1. The molecule has 0 aliphatic carbocycles. The van der Waals surface area contributed by atoms with E-state index in [-0.39, 0.29) is 10.6 Å². The molecule has 0 aliphatic rings. The second-order valence-electron chi connectivity index (χ2n) is 4.36. The first-order valence-corrected chi connectivity index (χ1v) is 6.91. The normalized spacial score (nSPS) is 10.7. The van der Waals surface area contributed by atoms with Crippen molar-refractivity contribution >= 4 is 34.0 Å². The Bertz CT molecular complexity index is 410. The van der Waals surface area contributed by atoms with Gasteiger partial charge in [0.05, 0.1) is 8.49 Å². The Balaban J connectivity index is 2.39. The van der Waals surface area contributed by atoms with Crippen molar-refractivity contribution in [2.75, 3.05) is 32.5 Å². The smallest absolute Gasteiger partial charge is 0.282 e. The minimum Gasteiger partial charge on any atom is -0.385 e. The Kier molecular flexibility index (Phi) is 6.34. The largest absolute Gasteiger partial charge is 0.385 e. The van der Waals surface area contributed by atoms with E-state index in [0.29, 0.717) is 3.57 Å². The van der Waals surface area contributed by atoms with Crippen LogP contribution in [0.2, 0.25) is 0 Å². The summed E-state index contributed by atoms with van der Waals surface area (Å²) in [4.78, 5) is 12.5. The fourth-order valence-electron chi connectivity index (χ4n) is 1.55. The number of nitrogens with one attached hydrogen (secondary N) is 1. The standard InChI is InChI=1S/C12H18IN3O2/c1-15(2)8-4-3-7-14-10-5-6-12(16(17)18)11(13)9-10/h5-6,9,14H,3-4,7-8H2,1-2H3. The Morgan fingerprint density at radius 2 is 2.11 bits per heavy atom.